The summed E-state index contributed by atoms with van der Waals surface area (Å²) < 4.78 is 29.0. The Morgan fingerprint density at radius 1 is 1.21 bits per heavy atom. The molecule has 2 aromatic carbocycles. The Kier molecular flexibility index (Phi) is 6.27. The molecular weight excluding hydrogens is 455 g/mol. The van der Waals surface area contributed by atoms with Gasteiger partial charge in [-0.1, -0.05) is 0 Å². The zero-order chi connectivity index (χ0) is 21.0. The molecule has 0 radical (unpaired) electrons. The molecule has 0 bridgehead atoms. The van der Waals surface area contributed by atoms with Gasteiger partial charge < -0.3 is 19.5 Å². The van der Waals surface area contributed by atoms with Crippen LogP contribution < -0.4 is 14.8 Å². The van der Waals surface area contributed by atoms with Gasteiger partial charge in [0, 0.05) is 17.0 Å². The van der Waals surface area contributed by atoms with Crippen LogP contribution >= 0.6 is 15.9 Å². The average molecular weight is 469 g/mol. The Hall–Kier alpha value is -3.21. The van der Waals surface area contributed by atoms with Crippen LogP contribution in [-0.4, -0.2) is 36.6 Å². The van der Waals surface area contributed by atoms with Crippen LogP contribution in [0.5, 0.6) is 11.5 Å². The summed E-state index contributed by atoms with van der Waals surface area (Å²) >= 11 is 3.03. The molecule has 1 amide bonds. The van der Waals surface area contributed by atoms with E-state index >= 15 is 0 Å². The SMILES string of the molecule is O=C(COC(=O)c1ccc(F)cc1Br)Nc1cc2c(cc1[N+](=O)[O-])OCCCO2. The third-order valence-electron chi connectivity index (χ3n) is 3.82. The van der Waals surface area contributed by atoms with Gasteiger partial charge >= 0.3 is 5.97 Å². The number of fused-ring (bicyclic) bond motifs is 1. The van der Waals surface area contributed by atoms with Crippen LogP contribution in [0.15, 0.2) is 34.8 Å². The number of nitro benzene ring substituents is 1. The molecule has 1 aliphatic rings. The molecule has 0 spiro atoms. The minimum Gasteiger partial charge on any atom is -0.489 e. The molecule has 29 heavy (non-hydrogen) atoms. The Balaban J connectivity index is 1.70. The second-order valence-electron chi connectivity index (χ2n) is 5.87. The monoisotopic (exact) mass is 468 g/mol. The van der Waals surface area contributed by atoms with Gasteiger partial charge in [-0.15, -0.1) is 0 Å². The fraction of sp³-hybridized carbons (Fsp3) is 0.222. The standard InChI is InChI=1S/C18H14BrFN2O7/c19-12-6-10(20)2-3-11(12)18(24)29-9-17(23)21-13-7-15-16(8-14(13)22(25)26)28-5-1-4-27-15/h2-3,6-8H,1,4-5,9H2,(H,21,23). The summed E-state index contributed by atoms with van der Waals surface area (Å²) in [6.45, 7) is 0.0152. The first-order chi connectivity index (χ1) is 13.8. The van der Waals surface area contributed by atoms with E-state index < -0.39 is 34.9 Å². The number of benzene rings is 2. The maximum absolute atomic E-state index is 13.1. The molecule has 0 unspecified atom stereocenters. The number of anilines is 1. The van der Waals surface area contributed by atoms with E-state index in [9.17, 15) is 24.1 Å². The quantitative estimate of drug-likeness (QED) is 0.405. The van der Waals surface area contributed by atoms with E-state index in [1.54, 1.807) is 0 Å². The summed E-state index contributed by atoms with van der Waals surface area (Å²) in [4.78, 5) is 34.8. The van der Waals surface area contributed by atoms with Crippen LogP contribution in [0.3, 0.4) is 0 Å². The lowest BCUT2D eigenvalue weighted by Crippen LogP contribution is -2.21. The van der Waals surface area contributed by atoms with E-state index in [1.807, 2.05) is 0 Å². The van der Waals surface area contributed by atoms with Crippen molar-refractivity contribution in [3.8, 4) is 11.5 Å². The number of hydrogen-bond donors (Lipinski definition) is 1. The summed E-state index contributed by atoms with van der Waals surface area (Å²) in [6, 6.07) is 5.81. The average Bonchev–Trinajstić information content (AvgIpc) is 2.90. The maximum Gasteiger partial charge on any atom is 0.339 e. The van der Waals surface area contributed by atoms with Crippen LogP contribution in [0.1, 0.15) is 16.8 Å². The number of hydrogen-bond acceptors (Lipinski definition) is 7. The van der Waals surface area contributed by atoms with Crippen LogP contribution in [0.2, 0.25) is 0 Å². The van der Waals surface area contributed by atoms with Gasteiger partial charge in [0.05, 0.1) is 29.8 Å². The summed E-state index contributed by atoms with van der Waals surface area (Å²) in [7, 11) is 0. The van der Waals surface area contributed by atoms with Gasteiger partial charge in [0.2, 0.25) is 0 Å². The topological polar surface area (TPSA) is 117 Å². The van der Waals surface area contributed by atoms with E-state index in [0.717, 1.165) is 18.2 Å². The molecule has 1 aliphatic heterocycles. The number of carbonyl (C=O) groups is 2. The van der Waals surface area contributed by atoms with Crippen molar-refractivity contribution in [3.63, 3.8) is 0 Å². The third-order valence-corrected chi connectivity index (χ3v) is 4.48. The normalized spacial score (nSPS) is 12.6. The highest BCUT2D eigenvalue weighted by Gasteiger charge is 2.23. The molecule has 1 N–H and O–H groups in total. The molecule has 0 aliphatic carbocycles. The highest BCUT2D eigenvalue weighted by Crippen LogP contribution is 2.39. The van der Waals surface area contributed by atoms with Crippen molar-refractivity contribution in [2.75, 3.05) is 25.1 Å². The van der Waals surface area contributed by atoms with Gasteiger partial charge in [0.25, 0.3) is 11.6 Å². The first-order valence-electron chi connectivity index (χ1n) is 8.35. The van der Waals surface area contributed by atoms with Crippen molar-refractivity contribution < 1.29 is 33.1 Å². The fourth-order valence-electron chi connectivity index (χ4n) is 2.50. The lowest BCUT2D eigenvalue weighted by molar-refractivity contribution is -0.384. The molecule has 0 fully saturated rings. The molecule has 3 rings (SSSR count). The first kappa shape index (κ1) is 20.5. The van der Waals surface area contributed by atoms with E-state index in [0.29, 0.717) is 19.6 Å². The van der Waals surface area contributed by atoms with Crippen LogP contribution in [0.25, 0.3) is 0 Å². The first-order valence-corrected chi connectivity index (χ1v) is 9.14. The van der Waals surface area contributed by atoms with Crippen molar-refractivity contribution in [2.24, 2.45) is 0 Å². The van der Waals surface area contributed by atoms with Crippen molar-refractivity contribution in [1.29, 1.82) is 0 Å². The smallest absolute Gasteiger partial charge is 0.339 e. The van der Waals surface area contributed by atoms with Gasteiger partial charge in [-0.25, -0.2) is 9.18 Å². The minimum atomic E-state index is -0.861. The van der Waals surface area contributed by atoms with Gasteiger partial charge in [0.15, 0.2) is 18.1 Å². The number of rotatable bonds is 5. The number of halogens is 2. The summed E-state index contributed by atoms with van der Waals surface area (Å²) in [5, 5.41) is 13.7. The summed E-state index contributed by atoms with van der Waals surface area (Å²) in [5.41, 5.74) is -0.487. The Bertz CT molecular complexity index is 983. The van der Waals surface area contributed by atoms with Gasteiger partial charge in [-0.3, -0.25) is 14.9 Å². The van der Waals surface area contributed by atoms with Crippen LogP contribution in [0.4, 0.5) is 15.8 Å². The molecule has 11 heteroatoms. The number of nitrogens with one attached hydrogen (secondary N) is 1. The Morgan fingerprint density at radius 2 is 1.90 bits per heavy atom. The molecule has 0 aromatic heterocycles. The van der Waals surface area contributed by atoms with Gasteiger partial charge in [-0.2, -0.15) is 0 Å². The number of nitrogens with zero attached hydrogens (tertiary/aromatic N) is 1. The molecule has 0 saturated carbocycles. The number of nitro groups is 1. The van der Waals surface area contributed by atoms with E-state index in [2.05, 4.69) is 21.2 Å². The van der Waals surface area contributed by atoms with Crippen LogP contribution in [0, 0.1) is 15.9 Å². The predicted octanol–water partition coefficient (Wildman–Crippen LogP) is 3.45. The second kappa shape index (κ2) is 8.86. The predicted molar refractivity (Wildman–Crippen MR) is 102 cm³/mol. The number of carbonyl (C=O) groups excluding carboxylic acids is 2. The van der Waals surface area contributed by atoms with Crippen molar-refractivity contribution in [2.45, 2.75) is 6.42 Å². The lowest BCUT2D eigenvalue weighted by atomic mass is 10.2. The Morgan fingerprint density at radius 3 is 2.55 bits per heavy atom. The molecule has 0 atom stereocenters. The molecule has 152 valence electrons. The lowest BCUT2D eigenvalue weighted by Gasteiger charge is -2.11. The second-order valence-corrected chi connectivity index (χ2v) is 6.73. The molecule has 0 saturated heterocycles. The van der Waals surface area contributed by atoms with E-state index in [1.165, 1.54) is 12.1 Å². The molecule has 2 aromatic rings. The van der Waals surface area contributed by atoms with E-state index in [-0.39, 0.29) is 27.2 Å². The number of ether oxygens (including phenoxy) is 3. The Labute approximate surface area is 172 Å². The zero-order valence-corrected chi connectivity index (χ0v) is 16.4. The minimum absolute atomic E-state index is 0.0285. The third kappa shape index (κ3) is 4.99. The van der Waals surface area contributed by atoms with Crippen molar-refractivity contribution in [1.82, 2.24) is 0 Å². The molecule has 9 nitrogen and oxygen atoms in total. The number of amides is 1. The maximum atomic E-state index is 13.1. The van der Waals surface area contributed by atoms with Crippen LogP contribution in [-0.2, 0) is 9.53 Å². The van der Waals surface area contributed by atoms with Crippen molar-refractivity contribution in [3.05, 3.63) is 56.3 Å². The largest absolute Gasteiger partial charge is 0.489 e. The van der Waals surface area contributed by atoms with Gasteiger partial charge in [-0.05, 0) is 34.1 Å². The summed E-state index contributed by atoms with van der Waals surface area (Å²) in [6.07, 6.45) is 0.610. The molecular formula is C18H14BrFN2O7. The number of esters is 1. The fourth-order valence-corrected chi connectivity index (χ4v) is 3.01. The summed E-state index contributed by atoms with van der Waals surface area (Å²) in [5.74, 6) is -1.74. The molecule has 1 heterocycles. The zero-order valence-electron chi connectivity index (χ0n) is 14.8. The highest BCUT2D eigenvalue weighted by atomic mass is 79.9. The van der Waals surface area contributed by atoms with Crippen molar-refractivity contribution >= 4 is 39.2 Å². The highest BCUT2D eigenvalue weighted by molar-refractivity contribution is 9.10. The van der Waals surface area contributed by atoms with E-state index in [4.69, 9.17) is 14.2 Å². The van der Waals surface area contributed by atoms with Gasteiger partial charge in [0.1, 0.15) is 11.5 Å².